The van der Waals surface area contributed by atoms with Gasteiger partial charge in [0.2, 0.25) is 0 Å². The molecule has 1 aliphatic heterocycles. The molecule has 0 N–H and O–H groups in total. The van der Waals surface area contributed by atoms with Crippen molar-refractivity contribution in [2.45, 2.75) is 13.0 Å². The number of hydrogen-bond acceptors (Lipinski definition) is 4. The molecule has 0 spiro atoms. The predicted molar refractivity (Wildman–Crippen MR) is 71.4 cm³/mol. The average molecular weight is 288 g/mol. The molecule has 0 aliphatic carbocycles. The standard InChI is InChI=1S/C11H11Cl2N3O2/c1-7(11-14-5-6-16(11)15-17)18-10-8(12)3-2-4-9(10)13/h2-4,7H,5-6H2,1H3. The minimum absolute atomic E-state index is 0.383. The maximum Gasteiger partial charge on any atom is 0.164 e. The highest BCUT2D eigenvalue weighted by molar-refractivity contribution is 6.37. The molecule has 0 bridgehead atoms. The number of halogens is 2. The highest BCUT2D eigenvalue weighted by Crippen LogP contribution is 2.33. The smallest absolute Gasteiger partial charge is 0.164 e. The van der Waals surface area contributed by atoms with Crippen molar-refractivity contribution in [3.8, 4) is 5.75 Å². The van der Waals surface area contributed by atoms with Crippen LogP contribution < -0.4 is 4.74 Å². The van der Waals surface area contributed by atoms with E-state index in [4.69, 9.17) is 27.9 Å². The summed E-state index contributed by atoms with van der Waals surface area (Å²) in [4.78, 5) is 14.8. The molecule has 5 nitrogen and oxygen atoms in total. The van der Waals surface area contributed by atoms with Crippen molar-refractivity contribution < 1.29 is 4.74 Å². The summed E-state index contributed by atoms with van der Waals surface area (Å²) in [6, 6.07) is 5.10. The molecule has 1 heterocycles. The topological polar surface area (TPSA) is 54.3 Å². The molecule has 0 amide bonds. The molecule has 1 aromatic rings. The average Bonchev–Trinajstić information content (AvgIpc) is 2.82. The van der Waals surface area contributed by atoms with Gasteiger partial charge in [0.25, 0.3) is 0 Å². The first-order valence-electron chi connectivity index (χ1n) is 5.39. The van der Waals surface area contributed by atoms with E-state index >= 15 is 0 Å². The molecule has 0 saturated heterocycles. The molecular formula is C11H11Cl2N3O2. The Hall–Kier alpha value is -1.33. The SMILES string of the molecule is CC(Oc1c(Cl)cccc1Cl)C1=NCCN1N=O. The van der Waals surface area contributed by atoms with Gasteiger partial charge in [-0.1, -0.05) is 29.3 Å². The van der Waals surface area contributed by atoms with Crippen molar-refractivity contribution in [1.29, 1.82) is 0 Å². The third-order valence-electron chi connectivity index (χ3n) is 2.53. The Morgan fingerprint density at radius 3 is 2.72 bits per heavy atom. The molecule has 0 saturated carbocycles. The van der Waals surface area contributed by atoms with Crippen molar-refractivity contribution in [2.24, 2.45) is 10.3 Å². The molecule has 0 fully saturated rings. The van der Waals surface area contributed by atoms with Crippen LogP contribution in [-0.4, -0.2) is 30.0 Å². The van der Waals surface area contributed by atoms with Crippen molar-refractivity contribution in [3.63, 3.8) is 0 Å². The summed E-state index contributed by atoms with van der Waals surface area (Å²) in [5.41, 5.74) is 0. The highest BCUT2D eigenvalue weighted by Gasteiger charge is 2.25. The molecule has 18 heavy (non-hydrogen) atoms. The normalized spacial score (nSPS) is 16.4. The van der Waals surface area contributed by atoms with Gasteiger partial charge in [-0.2, -0.15) is 0 Å². The maximum atomic E-state index is 10.6. The zero-order valence-corrected chi connectivity index (χ0v) is 11.1. The maximum absolute atomic E-state index is 10.6. The second-order valence-corrected chi connectivity index (χ2v) is 4.57. The lowest BCUT2D eigenvalue weighted by Crippen LogP contribution is -2.34. The van der Waals surface area contributed by atoms with Gasteiger partial charge < -0.3 is 4.74 Å². The number of rotatable bonds is 4. The van der Waals surface area contributed by atoms with Gasteiger partial charge in [0.05, 0.1) is 28.4 Å². The second kappa shape index (κ2) is 5.54. The van der Waals surface area contributed by atoms with Crippen LogP contribution >= 0.6 is 23.2 Å². The molecule has 1 atom stereocenters. The number of para-hydroxylation sites is 1. The largest absolute Gasteiger partial charge is 0.480 e. The number of aliphatic imine (C=N–C) groups is 1. The Labute approximate surface area is 114 Å². The number of ether oxygens (including phenoxy) is 1. The number of nitrogens with zero attached hydrogens (tertiary/aromatic N) is 3. The first-order chi connectivity index (χ1) is 8.63. The molecule has 1 aliphatic rings. The Bertz CT molecular complexity index is 473. The highest BCUT2D eigenvalue weighted by atomic mass is 35.5. The van der Waals surface area contributed by atoms with Crippen LogP contribution in [0.4, 0.5) is 0 Å². The Morgan fingerprint density at radius 1 is 1.44 bits per heavy atom. The fourth-order valence-corrected chi connectivity index (χ4v) is 2.19. The summed E-state index contributed by atoms with van der Waals surface area (Å²) in [6.45, 7) is 2.77. The van der Waals surface area contributed by atoms with E-state index in [9.17, 15) is 4.91 Å². The van der Waals surface area contributed by atoms with Gasteiger partial charge >= 0.3 is 0 Å². The first-order valence-corrected chi connectivity index (χ1v) is 6.15. The van der Waals surface area contributed by atoms with Crippen molar-refractivity contribution >= 4 is 29.0 Å². The predicted octanol–water partition coefficient (Wildman–Crippen LogP) is 3.16. The molecule has 7 heteroatoms. The summed E-state index contributed by atoms with van der Waals surface area (Å²) in [5.74, 6) is 0.870. The molecule has 96 valence electrons. The van der Waals surface area contributed by atoms with E-state index in [-0.39, 0.29) is 0 Å². The third-order valence-corrected chi connectivity index (χ3v) is 3.12. The van der Waals surface area contributed by atoms with Gasteiger partial charge in [-0.05, 0) is 19.1 Å². The van der Waals surface area contributed by atoms with E-state index in [1.807, 2.05) is 0 Å². The summed E-state index contributed by atoms with van der Waals surface area (Å²) in [7, 11) is 0. The van der Waals surface area contributed by atoms with Crippen LogP contribution in [0.15, 0.2) is 28.5 Å². The van der Waals surface area contributed by atoms with E-state index in [2.05, 4.69) is 10.3 Å². The van der Waals surface area contributed by atoms with E-state index < -0.39 is 6.10 Å². The lowest BCUT2D eigenvalue weighted by Gasteiger charge is -2.19. The van der Waals surface area contributed by atoms with E-state index in [0.29, 0.717) is 34.7 Å². The van der Waals surface area contributed by atoms with Gasteiger partial charge in [0.15, 0.2) is 17.7 Å². The van der Waals surface area contributed by atoms with Crippen LogP contribution in [0, 0.1) is 4.91 Å². The summed E-state index contributed by atoms with van der Waals surface area (Å²) in [5, 5.41) is 4.99. The van der Waals surface area contributed by atoms with Crippen LogP contribution in [0.1, 0.15) is 6.92 Å². The fourth-order valence-electron chi connectivity index (χ4n) is 1.70. The fraction of sp³-hybridized carbons (Fsp3) is 0.364. The summed E-state index contributed by atoms with van der Waals surface area (Å²) >= 11 is 12.0. The van der Waals surface area contributed by atoms with E-state index in [1.165, 1.54) is 5.01 Å². The number of hydrogen-bond donors (Lipinski definition) is 0. The third kappa shape index (κ3) is 2.57. The quantitative estimate of drug-likeness (QED) is 0.800. The Balaban J connectivity index is 2.17. The zero-order chi connectivity index (χ0) is 13.1. The molecule has 1 unspecified atom stereocenters. The second-order valence-electron chi connectivity index (χ2n) is 3.76. The first kappa shape index (κ1) is 13.1. The molecule has 1 aromatic carbocycles. The number of amidine groups is 1. The molecule has 0 radical (unpaired) electrons. The van der Waals surface area contributed by atoms with Crippen molar-refractivity contribution in [1.82, 2.24) is 5.01 Å². The van der Waals surface area contributed by atoms with E-state index in [0.717, 1.165) is 0 Å². The minimum Gasteiger partial charge on any atom is -0.480 e. The summed E-state index contributed by atoms with van der Waals surface area (Å²) in [6.07, 6.45) is -0.442. The number of benzene rings is 1. The van der Waals surface area contributed by atoms with Crippen LogP contribution in [0.5, 0.6) is 5.75 Å². The molecule has 2 rings (SSSR count). The van der Waals surface area contributed by atoms with Crippen molar-refractivity contribution in [3.05, 3.63) is 33.2 Å². The van der Waals surface area contributed by atoms with Gasteiger partial charge in [0, 0.05) is 0 Å². The zero-order valence-electron chi connectivity index (χ0n) is 9.64. The molecular weight excluding hydrogens is 277 g/mol. The van der Waals surface area contributed by atoms with Gasteiger partial charge in [-0.25, -0.2) is 5.01 Å². The van der Waals surface area contributed by atoms with Gasteiger partial charge in [-0.15, -0.1) is 4.91 Å². The summed E-state index contributed by atoms with van der Waals surface area (Å²) < 4.78 is 5.66. The minimum atomic E-state index is -0.442. The Kier molecular flexibility index (Phi) is 4.04. The number of nitroso groups, excluding NO2 is 1. The molecule has 0 aromatic heterocycles. The van der Waals surface area contributed by atoms with Crippen LogP contribution in [0.3, 0.4) is 0 Å². The monoisotopic (exact) mass is 287 g/mol. The van der Waals surface area contributed by atoms with Crippen molar-refractivity contribution in [2.75, 3.05) is 13.1 Å². The van der Waals surface area contributed by atoms with Crippen LogP contribution in [-0.2, 0) is 0 Å². The lowest BCUT2D eigenvalue weighted by atomic mass is 10.3. The van der Waals surface area contributed by atoms with Gasteiger partial charge in [0.1, 0.15) is 0 Å². The van der Waals surface area contributed by atoms with Crippen LogP contribution in [0.2, 0.25) is 10.0 Å². The van der Waals surface area contributed by atoms with Gasteiger partial charge in [-0.3, -0.25) is 4.99 Å². The van der Waals surface area contributed by atoms with E-state index in [1.54, 1.807) is 25.1 Å². The Morgan fingerprint density at radius 2 is 2.11 bits per heavy atom. The van der Waals surface area contributed by atoms with Crippen LogP contribution in [0.25, 0.3) is 0 Å². The lowest BCUT2D eigenvalue weighted by molar-refractivity contribution is 0.267.